The molecule has 0 saturated heterocycles. The Labute approximate surface area is 66.7 Å². The molecule has 0 fully saturated rings. The third kappa shape index (κ3) is 1.78. The van der Waals surface area contributed by atoms with Crippen LogP contribution in [0.25, 0.3) is 0 Å². The normalized spacial score (nSPS) is 9.64. The van der Waals surface area contributed by atoms with Gasteiger partial charge in [-0.25, -0.2) is 0 Å². The summed E-state index contributed by atoms with van der Waals surface area (Å²) in [6.45, 7) is 4.14. The minimum absolute atomic E-state index is 0.411. The molecule has 1 aromatic rings. The Kier molecular flexibility index (Phi) is 2.22. The quantitative estimate of drug-likeness (QED) is 0.562. The number of nitrogens with zero attached hydrogens (tertiary/aromatic N) is 2. The fourth-order valence-corrected chi connectivity index (χ4v) is 0.727. The first kappa shape index (κ1) is 7.74. The third-order valence-corrected chi connectivity index (χ3v) is 1.42. The van der Waals surface area contributed by atoms with Crippen molar-refractivity contribution in [1.29, 1.82) is 0 Å². The first-order valence-electron chi connectivity index (χ1n) is 3.54. The molecule has 2 heteroatoms. The summed E-state index contributed by atoms with van der Waals surface area (Å²) in [5.41, 5.74) is 1.57. The van der Waals surface area contributed by atoms with E-state index >= 15 is 0 Å². The summed E-state index contributed by atoms with van der Waals surface area (Å²) in [4.78, 5) is 0. The predicted octanol–water partition coefficient (Wildman–Crippen LogP) is 1.58. The van der Waals surface area contributed by atoms with E-state index in [0.717, 1.165) is 5.69 Å². The van der Waals surface area contributed by atoms with E-state index in [9.17, 15) is 0 Å². The maximum absolute atomic E-state index is 5.12. The molecule has 0 aliphatic heterocycles. The Morgan fingerprint density at radius 2 is 2.09 bits per heavy atom. The van der Waals surface area contributed by atoms with Gasteiger partial charge in [-0.15, -0.1) is 11.5 Å². The molecule has 0 amide bonds. The van der Waals surface area contributed by atoms with Crippen LogP contribution in [0.15, 0.2) is 12.1 Å². The summed E-state index contributed by atoms with van der Waals surface area (Å²) < 4.78 is 0. The largest absolute Gasteiger partial charge is 0.154 e. The molecule has 0 aliphatic carbocycles. The maximum atomic E-state index is 5.12. The summed E-state index contributed by atoms with van der Waals surface area (Å²) in [6.07, 6.45) is 5.12. The Morgan fingerprint density at radius 3 is 2.45 bits per heavy atom. The van der Waals surface area contributed by atoms with Crippen LogP contribution in [0.5, 0.6) is 0 Å². The highest BCUT2D eigenvalue weighted by atomic mass is 15.1. The highest BCUT2D eigenvalue weighted by Gasteiger charge is 1.99. The molecular formula is C9H10N2. The molecule has 1 aromatic heterocycles. The van der Waals surface area contributed by atoms with Crippen molar-refractivity contribution in [2.45, 2.75) is 19.8 Å². The van der Waals surface area contributed by atoms with Crippen molar-refractivity contribution >= 4 is 0 Å². The first-order valence-corrected chi connectivity index (χ1v) is 3.54. The number of rotatable bonds is 1. The van der Waals surface area contributed by atoms with Crippen LogP contribution in [0.1, 0.15) is 31.2 Å². The van der Waals surface area contributed by atoms with Gasteiger partial charge in [-0.05, 0) is 24.0 Å². The molecule has 0 aliphatic rings. The van der Waals surface area contributed by atoms with Crippen LogP contribution in [0.2, 0.25) is 0 Å². The second-order valence-electron chi connectivity index (χ2n) is 2.64. The van der Waals surface area contributed by atoms with E-state index in [2.05, 4.69) is 30.0 Å². The number of hydrogen-bond donors (Lipinski definition) is 0. The van der Waals surface area contributed by atoms with E-state index in [-0.39, 0.29) is 0 Å². The first-order chi connectivity index (χ1) is 5.24. The summed E-state index contributed by atoms with van der Waals surface area (Å²) in [5, 5.41) is 7.79. The van der Waals surface area contributed by atoms with E-state index in [4.69, 9.17) is 6.42 Å². The van der Waals surface area contributed by atoms with Crippen LogP contribution in [0, 0.1) is 12.3 Å². The molecular weight excluding hydrogens is 136 g/mol. The zero-order valence-electron chi connectivity index (χ0n) is 6.70. The van der Waals surface area contributed by atoms with Crippen molar-refractivity contribution in [1.82, 2.24) is 10.2 Å². The topological polar surface area (TPSA) is 25.8 Å². The van der Waals surface area contributed by atoms with Crippen LogP contribution >= 0.6 is 0 Å². The number of hydrogen-bond acceptors (Lipinski definition) is 2. The van der Waals surface area contributed by atoms with Crippen molar-refractivity contribution in [3.8, 4) is 12.3 Å². The molecule has 1 rings (SSSR count). The lowest BCUT2D eigenvalue weighted by atomic mass is 10.1. The van der Waals surface area contributed by atoms with Gasteiger partial charge in [-0.2, -0.15) is 5.10 Å². The summed E-state index contributed by atoms with van der Waals surface area (Å²) in [6, 6.07) is 3.72. The molecule has 0 spiro atoms. The van der Waals surface area contributed by atoms with Gasteiger partial charge < -0.3 is 0 Å². The molecule has 0 saturated carbocycles. The fraction of sp³-hybridized carbons (Fsp3) is 0.333. The van der Waals surface area contributed by atoms with Gasteiger partial charge in [0.2, 0.25) is 0 Å². The Morgan fingerprint density at radius 1 is 1.36 bits per heavy atom. The molecule has 2 nitrogen and oxygen atoms in total. The Bertz CT molecular complexity index is 267. The van der Waals surface area contributed by atoms with Gasteiger partial charge in [-0.3, -0.25) is 0 Å². The standard InChI is InChI=1S/C9H10N2/c1-4-8-5-6-9(7(2)3)11-10-8/h1,5-7H,2-3H3. The van der Waals surface area contributed by atoms with Crippen molar-refractivity contribution in [3.63, 3.8) is 0 Å². The van der Waals surface area contributed by atoms with E-state index in [1.165, 1.54) is 0 Å². The van der Waals surface area contributed by atoms with Crippen molar-refractivity contribution in [2.75, 3.05) is 0 Å². The lowest BCUT2D eigenvalue weighted by molar-refractivity contribution is 0.782. The number of aromatic nitrogens is 2. The molecule has 1 heterocycles. The molecule has 0 N–H and O–H groups in total. The van der Waals surface area contributed by atoms with Gasteiger partial charge in [-0.1, -0.05) is 13.8 Å². The fourth-order valence-electron chi connectivity index (χ4n) is 0.727. The van der Waals surface area contributed by atoms with Gasteiger partial charge in [0.25, 0.3) is 0 Å². The molecule has 0 unspecified atom stereocenters. The van der Waals surface area contributed by atoms with Gasteiger partial charge in [0.05, 0.1) is 5.69 Å². The van der Waals surface area contributed by atoms with E-state index < -0.39 is 0 Å². The van der Waals surface area contributed by atoms with Crippen LogP contribution in [0.3, 0.4) is 0 Å². The smallest absolute Gasteiger partial charge is 0.135 e. The monoisotopic (exact) mass is 146 g/mol. The molecule has 11 heavy (non-hydrogen) atoms. The highest BCUT2D eigenvalue weighted by Crippen LogP contribution is 2.08. The second-order valence-corrected chi connectivity index (χ2v) is 2.64. The van der Waals surface area contributed by atoms with Crippen LogP contribution in [0.4, 0.5) is 0 Å². The molecule has 0 radical (unpaired) electrons. The number of terminal acetylenes is 1. The maximum Gasteiger partial charge on any atom is 0.135 e. The average molecular weight is 146 g/mol. The average Bonchev–Trinajstić information content (AvgIpc) is 2.05. The minimum atomic E-state index is 0.411. The molecule has 0 aromatic carbocycles. The Hall–Kier alpha value is -1.36. The van der Waals surface area contributed by atoms with Gasteiger partial charge in [0.15, 0.2) is 0 Å². The lowest BCUT2D eigenvalue weighted by Gasteiger charge is -2.00. The minimum Gasteiger partial charge on any atom is -0.154 e. The van der Waals surface area contributed by atoms with Crippen molar-refractivity contribution in [2.24, 2.45) is 0 Å². The lowest BCUT2D eigenvalue weighted by Crippen LogP contribution is -1.95. The third-order valence-electron chi connectivity index (χ3n) is 1.42. The molecule has 0 atom stereocenters. The van der Waals surface area contributed by atoms with Gasteiger partial charge in [0.1, 0.15) is 5.69 Å². The van der Waals surface area contributed by atoms with E-state index in [1.807, 2.05) is 12.1 Å². The van der Waals surface area contributed by atoms with E-state index in [1.54, 1.807) is 0 Å². The van der Waals surface area contributed by atoms with Crippen LogP contribution in [-0.4, -0.2) is 10.2 Å². The van der Waals surface area contributed by atoms with Crippen LogP contribution in [-0.2, 0) is 0 Å². The highest BCUT2D eigenvalue weighted by molar-refractivity contribution is 5.23. The Balaban J connectivity index is 2.94. The molecule has 0 bridgehead atoms. The van der Waals surface area contributed by atoms with Gasteiger partial charge in [0, 0.05) is 0 Å². The zero-order chi connectivity index (χ0) is 8.27. The van der Waals surface area contributed by atoms with Crippen molar-refractivity contribution in [3.05, 3.63) is 23.5 Å². The SMILES string of the molecule is C#Cc1ccc(C(C)C)nn1. The van der Waals surface area contributed by atoms with Crippen LogP contribution < -0.4 is 0 Å². The van der Waals surface area contributed by atoms with Gasteiger partial charge >= 0.3 is 0 Å². The second kappa shape index (κ2) is 3.16. The molecule has 56 valence electrons. The zero-order valence-corrected chi connectivity index (χ0v) is 6.70. The van der Waals surface area contributed by atoms with E-state index in [0.29, 0.717) is 11.6 Å². The summed E-state index contributed by atoms with van der Waals surface area (Å²) in [5.74, 6) is 2.83. The summed E-state index contributed by atoms with van der Waals surface area (Å²) in [7, 11) is 0. The summed E-state index contributed by atoms with van der Waals surface area (Å²) >= 11 is 0. The van der Waals surface area contributed by atoms with Crippen molar-refractivity contribution < 1.29 is 0 Å². The predicted molar refractivity (Wildman–Crippen MR) is 44.1 cm³/mol.